The fourth-order valence-electron chi connectivity index (χ4n) is 1.91. The molecule has 0 spiro atoms. The van der Waals surface area contributed by atoms with Gasteiger partial charge in [0.1, 0.15) is 0 Å². The summed E-state index contributed by atoms with van der Waals surface area (Å²) in [6.07, 6.45) is 0.362. The Labute approximate surface area is 119 Å². The molecule has 0 fully saturated rings. The SMILES string of the molecule is COC(=O)c1nnn(Cc2ccc(F)c(F)c2)c1CCN. The summed E-state index contributed by atoms with van der Waals surface area (Å²) in [6.45, 7) is 0.436. The summed E-state index contributed by atoms with van der Waals surface area (Å²) >= 11 is 0. The first-order chi connectivity index (χ1) is 10.1. The predicted octanol–water partition coefficient (Wildman–Crippen LogP) is 0.892. The van der Waals surface area contributed by atoms with Crippen LogP contribution in [0.4, 0.5) is 8.78 Å². The second-order valence-electron chi connectivity index (χ2n) is 4.32. The predicted molar refractivity (Wildman–Crippen MR) is 69.6 cm³/mol. The van der Waals surface area contributed by atoms with Crippen LogP contribution in [0.3, 0.4) is 0 Å². The number of methoxy groups -OCH3 is 1. The van der Waals surface area contributed by atoms with Crippen LogP contribution in [0.5, 0.6) is 0 Å². The highest BCUT2D eigenvalue weighted by Gasteiger charge is 2.20. The van der Waals surface area contributed by atoms with Crippen LogP contribution < -0.4 is 5.73 Å². The van der Waals surface area contributed by atoms with Crippen molar-refractivity contribution in [1.29, 1.82) is 0 Å². The van der Waals surface area contributed by atoms with Crippen molar-refractivity contribution in [3.8, 4) is 0 Å². The monoisotopic (exact) mass is 296 g/mol. The number of esters is 1. The van der Waals surface area contributed by atoms with Gasteiger partial charge in [0.2, 0.25) is 0 Å². The number of carbonyl (C=O) groups is 1. The Morgan fingerprint density at radius 3 is 2.76 bits per heavy atom. The summed E-state index contributed by atoms with van der Waals surface area (Å²) in [5.41, 5.74) is 6.57. The third kappa shape index (κ3) is 3.22. The Morgan fingerprint density at radius 1 is 1.38 bits per heavy atom. The lowest BCUT2D eigenvalue weighted by molar-refractivity contribution is 0.0592. The second-order valence-corrected chi connectivity index (χ2v) is 4.32. The van der Waals surface area contributed by atoms with E-state index in [9.17, 15) is 13.6 Å². The van der Waals surface area contributed by atoms with Crippen LogP contribution in [0.2, 0.25) is 0 Å². The fraction of sp³-hybridized carbons (Fsp3) is 0.308. The van der Waals surface area contributed by atoms with E-state index in [-0.39, 0.29) is 18.8 Å². The van der Waals surface area contributed by atoms with Crippen LogP contribution in [-0.2, 0) is 17.7 Å². The molecule has 0 aliphatic heterocycles. The van der Waals surface area contributed by atoms with Gasteiger partial charge >= 0.3 is 5.97 Å². The minimum absolute atomic E-state index is 0.0746. The van der Waals surface area contributed by atoms with Crippen molar-refractivity contribution in [2.75, 3.05) is 13.7 Å². The summed E-state index contributed by atoms with van der Waals surface area (Å²) in [5, 5.41) is 7.60. The van der Waals surface area contributed by atoms with E-state index in [1.165, 1.54) is 17.9 Å². The van der Waals surface area contributed by atoms with Gasteiger partial charge in [-0.25, -0.2) is 18.3 Å². The summed E-state index contributed by atoms with van der Waals surface area (Å²) in [4.78, 5) is 11.6. The molecular weight excluding hydrogens is 282 g/mol. The Balaban J connectivity index is 2.32. The van der Waals surface area contributed by atoms with E-state index >= 15 is 0 Å². The maximum absolute atomic E-state index is 13.2. The van der Waals surface area contributed by atoms with Crippen molar-refractivity contribution in [1.82, 2.24) is 15.0 Å². The van der Waals surface area contributed by atoms with Gasteiger partial charge in [0.25, 0.3) is 0 Å². The van der Waals surface area contributed by atoms with E-state index in [1.54, 1.807) is 0 Å². The fourth-order valence-corrected chi connectivity index (χ4v) is 1.91. The van der Waals surface area contributed by atoms with Gasteiger partial charge in [0.15, 0.2) is 17.3 Å². The van der Waals surface area contributed by atoms with Gasteiger partial charge < -0.3 is 10.5 Å². The van der Waals surface area contributed by atoms with Crippen molar-refractivity contribution < 1.29 is 18.3 Å². The molecule has 0 unspecified atom stereocenters. The summed E-state index contributed by atoms with van der Waals surface area (Å²) in [6, 6.07) is 3.54. The average molecular weight is 296 g/mol. The number of hydrogen-bond donors (Lipinski definition) is 1. The molecule has 0 aliphatic rings. The first kappa shape index (κ1) is 15.0. The molecule has 21 heavy (non-hydrogen) atoms. The van der Waals surface area contributed by atoms with Crippen molar-refractivity contribution >= 4 is 5.97 Å². The number of benzene rings is 1. The third-order valence-electron chi connectivity index (χ3n) is 2.91. The highest BCUT2D eigenvalue weighted by atomic mass is 19.2. The van der Waals surface area contributed by atoms with E-state index in [0.29, 0.717) is 17.7 Å². The first-order valence-electron chi connectivity index (χ1n) is 6.21. The maximum atomic E-state index is 13.2. The number of rotatable bonds is 5. The Hall–Kier alpha value is -2.35. The zero-order valence-electron chi connectivity index (χ0n) is 11.3. The van der Waals surface area contributed by atoms with Crippen molar-refractivity contribution in [3.63, 3.8) is 0 Å². The normalized spacial score (nSPS) is 10.7. The highest BCUT2D eigenvalue weighted by Crippen LogP contribution is 2.13. The Morgan fingerprint density at radius 2 is 2.14 bits per heavy atom. The molecule has 0 atom stereocenters. The first-order valence-corrected chi connectivity index (χ1v) is 6.21. The lowest BCUT2D eigenvalue weighted by Gasteiger charge is -2.07. The molecule has 6 nitrogen and oxygen atoms in total. The Kier molecular flexibility index (Phi) is 4.59. The van der Waals surface area contributed by atoms with Gasteiger partial charge in [0, 0.05) is 6.42 Å². The average Bonchev–Trinajstić information content (AvgIpc) is 2.85. The largest absolute Gasteiger partial charge is 0.464 e. The topological polar surface area (TPSA) is 83.0 Å². The highest BCUT2D eigenvalue weighted by molar-refractivity contribution is 5.88. The van der Waals surface area contributed by atoms with Crippen LogP contribution in [0.15, 0.2) is 18.2 Å². The van der Waals surface area contributed by atoms with Gasteiger partial charge in [-0.05, 0) is 24.2 Å². The molecule has 112 valence electrons. The summed E-state index contributed by atoms with van der Waals surface area (Å²) in [7, 11) is 1.24. The van der Waals surface area contributed by atoms with E-state index in [2.05, 4.69) is 15.0 Å². The molecule has 1 heterocycles. The molecule has 2 N–H and O–H groups in total. The molecule has 0 aliphatic carbocycles. The number of aromatic nitrogens is 3. The van der Waals surface area contributed by atoms with Crippen molar-refractivity contribution in [3.05, 3.63) is 46.8 Å². The quantitative estimate of drug-likeness (QED) is 0.829. The van der Waals surface area contributed by atoms with E-state index in [4.69, 9.17) is 5.73 Å². The molecule has 0 amide bonds. The zero-order chi connectivity index (χ0) is 15.4. The van der Waals surface area contributed by atoms with Crippen LogP contribution in [0.1, 0.15) is 21.7 Å². The van der Waals surface area contributed by atoms with Gasteiger partial charge in [-0.15, -0.1) is 5.10 Å². The van der Waals surface area contributed by atoms with Crippen LogP contribution in [0.25, 0.3) is 0 Å². The lowest BCUT2D eigenvalue weighted by Crippen LogP contribution is -2.15. The standard InChI is InChI=1S/C13H14F2N4O2/c1-21-13(20)12-11(4-5-16)19(18-17-12)7-8-2-3-9(14)10(15)6-8/h2-3,6H,4-5,7,16H2,1H3. The molecule has 1 aromatic carbocycles. The van der Waals surface area contributed by atoms with E-state index < -0.39 is 17.6 Å². The molecule has 2 aromatic rings. The van der Waals surface area contributed by atoms with Gasteiger partial charge in [-0.2, -0.15) is 0 Å². The summed E-state index contributed by atoms with van der Waals surface area (Å²) < 4.78 is 32.1. The number of carbonyl (C=O) groups excluding carboxylic acids is 1. The number of nitrogens with zero attached hydrogens (tertiary/aromatic N) is 3. The maximum Gasteiger partial charge on any atom is 0.360 e. The molecule has 2 rings (SSSR count). The summed E-state index contributed by atoms with van der Waals surface area (Å²) in [5.74, 6) is -2.48. The Bertz CT molecular complexity index is 658. The molecule has 0 bridgehead atoms. The lowest BCUT2D eigenvalue weighted by atomic mass is 10.2. The number of hydrogen-bond acceptors (Lipinski definition) is 5. The van der Waals surface area contributed by atoms with E-state index in [1.807, 2.05) is 0 Å². The minimum atomic E-state index is -0.943. The second kappa shape index (κ2) is 6.40. The van der Waals surface area contributed by atoms with Gasteiger partial charge in [-0.3, -0.25) is 0 Å². The molecular formula is C13H14F2N4O2. The zero-order valence-corrected chi connectivity index (χ0v) is 11.3. The minimum Gasteiger partial charge on any atom is -0.464 e. The molecule has 1 aromatic heterocycles. The third-order valence-corrected chi connectivity index (χ3v) is 2.91. The smallest absolute Gasteiger partial charge is 0.360 e. The molecule has 8 heteroatoms. The van der Waals surface area contributed by atoms with Crippen molar-refractivity contribution in [2.45, 2.75) is 13.0 Å². The van der Waals surface area contributed by atoms with Crippen LogP contribution in [0, 0.1) is 11.6 Å². The van der Waals surface area contributed by atoms with Gasteiger partial charge in [-0.1, -0.05) is 11.3 Å². The molecule has 0 saturated carbocycles. The number of nitrogens with two attached hydrogens (primary N) is 1. The molecule has 0 saturated heterocycles. The van der Waals surface area contributed by atoms with E-state index in [0.717, 1.165) is 12.1 Å². The molecule has 0 radical (unpaired) electrons. The number of halogens is 2. The number of ether oxygens (including phenoxy) is 1. The van der Waals surface area contributed by atoms with Crippen molar-refractivity contribution in [2.24, 2.45) is 5.73 Å². The van der Waals surface area contributed by atoms with Crippen LogP contribution >= 0.6 is 0 Å². The van der Waals surface area contributed by atoms with Crippen LogP contribution in [-0.4, -0.2) is 34.6 Å². The van der Waals surface area contributed by atoms with Gasteiger partial charge in [0.05, 0.1) is 19.3 Å².